The van der Waals surface area contributed by atoms with Crippen LogP contribution in [0.2, 0.25) is 0 Å². The van der Waals surface area contributed by atoms with Crippen molar-refractivity contribution in [2.45, 2.75) is 32.4 Å². The van der Waals surface area contributed by atoms with Crippen LogP contribution in [0.5, 0.6) is 0 Å². The Morgan fingerprint density at radius 3 is 2.68 bits per heavy atom. The van der Waals surface area contributed by atoms with Crippen LogP contribution in [0.1, 0.15) is 24.1 Å². The Labute approximate surface area is 148 Å². The molecule has 1 aliphatic heterocycles. The van der Waals surface area contributed by atoms with Gasteiger partial charge in [-0.3, -0.25) is 4.98 Å². The number of nitrogens with zero attached hydrogens (tertiary/aromatic N) is 4. The van der Waals surface area contributed by atoms with Crippen molar-refractivity contribution in [1.82, 2.24) is 20.3 Å². The average molecular weight is 333 g/mol. The largest absolute Gasteiger partial charge is 0.341 e. The first-order valence-electron chi connectivity index (χ1n) is 8.89. The van der Waals surface area contributed by atoms with E-state index in [0.29, 0.717) is 6.04 Å². The van der Waals surface area contributed by atoms with Gasteiger partial charge >= 0.3 is 0 Å². The number of pyridine rings is 1. The molecular formula is C20H23N5. The quantitative estimate of drug-likeness (QED) is 0.795. The number of aryl methyl sites for hydroxylation is 1. The molecule has 0 aliphatic carbocycles. The van der Waals surface area contributed by atoms with E-state index in [4.69, 9.17) is 0 Å². The molecule has 3 aromatic rings. The van der Waals surface area contributed by atoms with Gasteiger partial charge in [-0.25, -0.2) is 9.97 Å². The summed E-state index contributed by atoms with van der Waals surface area (Å²) in [6.45, 7) is 4.93. The maximum absolute atomic E-state index is 4.57. The Kier molecular flexibility index (Phi) is 4.57. The van der Waals surface area contributed by atoms with E-state index in [-0.39, 0.29) is 0 Å². The molecule has 1 fully saturated rings. The topological polar surface area (TPSA) is 53.9 Å². The molecule has 0 amide bonds. The number of aromatic nitrogens is 3. The van der Waals surface area contributed by atoms with Crippen molar-refractivity contribution in [2.75, 3.05) is 18.0 Å². The summed E-state index contributed by atoms with van der Waals surface area (Å²) in [7, 11) is 0. The van der Waals surface area contributed by atoms with E-state index in [1.54, 1.807) is 0 Å². The number of anilines is 1. The van der Waals surface area contributed by atoms with Gasteiger partial charge in [-0.2, -0.15) is 0 Å². The molecule has 25 heavy (non-hydrogen) atoms. The van der Waals surface area contributed by atoms with Crippen LogP contribution in [0, 0.1) is 6.92 Å². The summed E-state index contributed by atoms with van der Waals surface area (Å²) in [5, 5.41) is 4.91. The van der Waals surface area contributed by atoms with Gasteiger partial charge in [0, 0.05) is 49.1 Å². The fraction of sp³-hybridized carbons (Fsp3) is 0.350. The number of hydrogen-bond acceptors (Lipinski definition) is 5. The molecule has 0 radical (unpaired) electrons. The normalized spacial score (nSPS) is 15.6. The molecule has 0 unspecified atom stereocenters. The predicted molar refractivity (Wildman–Crippen MR) is 101 cm³/mol. The third kappa shape index (κ3) is 3.77. The first-order valence-corrected chi connectivity index (χ1v) is 8.89. The van der Waals surface area contributed by atoms with E-state index in [1.807, 2.05) is 25.4 Å². The van der Waals surface area contributed by atoms with Gasteiger partial charge in [0.15, 0.2) is 0 Å². The van der Waals surface area contributed by atoms with E-state index in [9.17, 15) is 0 Å². The number of benzene rings is 1. The van der Waals surface area contributed by atoms with E-state index in [0.717, 1.165) is 49.6 Å². The monoisotopic (exact) mass is 333 g/mol. The summed E-state index contributed by atoms with van der Waals surface area (Å²) in [5.74, 6) is 0.846. The zero-order valence-electron chi connectivity index (χ0n) is 14.5. The lowest BCUT2D eigenvalue weighted by Gasteiger charge is -2.32. The van der Waals surface area contributed by atoms with E-state index >= 15 is 0 Å². The maximum atomic E-state index is 4.57. The van der Waals surface area contributed by atoms with E-state index in [1.165, 1.54) is 10.9 Å². The zero-order chi connectivity index (χ0) is 17.1. The zero-order valence-corrected chi connectivity index (χ0v) is 14.5. The second kappa shape index (κ2) is 7.15. The maximum Gasteiger partial charge on any atom is 0.225 e. The van der Waals surface area contributed by atoms with Crippen LogP contribution in [-0.2, 0) is 6.54 Å². The van der Waals surface area contributed by atoms with Crippen LogP contribution in [0.25, 0.3) is 10.9 Å². The lowest BCUT2D eigenvalue weighted by Crippen LogP contribution is -2.42. The minimum absolute atomic E-state index is 0.548. The molecule has 128 valence electrons. The van der Waals surface area contributed by atoms with Crippen LogP contribution in [-0.4, -0.2) is 34.1 Å². The minimum atomic E-state index is 0.548. The highest BCUT2D eigenvalue weighted by atomic mass is 15.3. The lowest BCUT2D eigenvalue weighted by molar-refractivity contribution is 0.411. The van der Waals surface area contributed by atoms with Gasteiger partial charge in [-0.15, -0.1) is 0 Å². The first-order chi connectivity index (χ1) is 12.3. The fourth-order valence-electron chi connectivity index (χ4n) is 3.39. The summed E-state index contributed by atoms with van der Waals surface area (Å²) in [6, 6.07) is 13.2. The van der Waals surface area contributed by atoms with E-state index in [2.05, 4.69) is 55.5 Å². The summed E-state index contributed by atoms with van der Waals surface area (Å²) < 4.78 is 0. The van der Waals surface area contributed by atoms with Crippen LogP contribution >= 0.6 is 0 Å². The molecule has 1 aromatic carbocycles. The average Bonchev–Trinajstić information content (AvgIpc) is 2.67. The molecule has 5 heteroatoms. The van der Waals surface area contributed by atoms with Gasteiger partial charge in [0.25, 0.3) is 0 Å². The Balaban J connectivity index is 1.33. The Bertz CT molecular complexity index is 841. The van der Waals surface area contributed by atoms with Crippen LogP contribution in [0.4, 0.5) is 5.95 Å². The molecular weight excluding hydrogens is 310 g/mol. The molecule has 1 N–H and O–H groups in total. The van der Waals surface area contributed by atoms with Crippen LogP contribution < -0.4 is 10.2 Å². The van der Waals surface area contributed by atoms with Crippen molar-refractivity contribution in [3.63, 3.8) is 0 Å². The van der Waals surface area contributed by atoms with Crippen molar-refractivity contribution >= 4 is 16.9 Å². The molecule has 5 nitrogen and oxygen atoms in total. The van der Waals surface area contributed by atoms with Crippen molar-refractivity contribution in [1.29, 1.82) is 0 Å². The summed E-state index contributed by atoms with van der Waals surface area (Å²) in [4.78, 5) is 15.5. The number of hydrogen-bond donors (Lipinski definition) is 1. The Morgan fingerprint density at radius 1 is 1.08 bits per heavy atom. The van der Waals surface area contributed by atoms with Crippen LogP contribution in [0.15, 0.2) is 48.8 Å². The summed E-state index contributed by atoms with van der Waals surface area (Å²) >= 11 is 0. The van der Waals surface area contributed by atoms with E-state index < -0.39 is 0 Å². The highest BCUT2D eigenvalue weighted by Gasteiger charge is 2.20. The molecule has 1 aliphatic rings. The van der Waals surface area contributed by atoms with Gasteiger partial charge < -0.3 is 10.2 Å². The van der Waals surface area contributed by atoms with Gasteiger partial charge in [-0.05, 0) is 49.6 Å². The third-order valence-electron chi connectivity index (χ3n) is 4.82. The lowest BCUT2D eigenvalue weighted by atomic mass is 10.0. The highest BCUT2D eigenvalue weighted by Crippen LogP contribution is 2.17. The first kappa shape index (κ1) is 16.0. The minimum Gasteiger partial charge on any atom is -0.341 e. The Hall–Kier alpha value is -2.53. The van der Waals surface area contributed by atoms with Gasteiger partial charge in [0.05, 0.1) is 5.52 Å². The predicted octanol–water partition coefficient (Wildman–Crippen LogP) is 3.09. The standard InChI is InChI=1S/C20H23N5/c1-15-3-5-17-13-16(4-6-19(17)24-15)14-23-18-7-11-25(12-8-18)20-21-9-2-10-22-20/h2-6,9-10,13,18,23H,7-8,11-12,14H2,1H3. The molecule has 0 atom stereocenters. The summed E-state index contributed by atoms with van der Waals surface area (Å²) in [6.07, 6.45) is 5.85. The highest BCUT2D eigenvalue weighted by molar-refractivity contribution is 5.79. The van der Waals surface area contributed by atoms with Gasteiger partial charge in [0.1, 0.15) is 0 Å². The fourth-order valence-corrected chi connectivity index (χ4v) is 3.39. The van der Waals surface area contributed by atoms with Crippen LogP contribution in [0.3, 0.4) is 0 Å². The van der Waals surface area contributed by atoms with Gasteiger partial charge in [0.2, 0.25) is 5.95 Å². The molecule has 0 saturated carbocycles. The van der Waals surface area contributed by atoms with Crippen molar-refractivity contribution in [3.05, 3.63) is 60.0 Å². The number of piperidine rings is 1. The van der Waals surface area contributed by atoms with Crippen molar-refractivity contribution in [2.24, 2.45) is 0 Å². The van der Waals surface area contributed by atoms with Gasteiger partial charge in [-0.1, -0.05) is 12.1 Å². The number of nitrogens with one attached hydrogen (secondary N) is 1. The molecule has 3 heterocycles. The smallest absolute Gasteiger partial charge is 0.225 e. The second-order valence-electron chi connectivity index (χ2n) is 6.67. The summed E-state index contributed by atoms with van der Waals surface area (Å²) in [5.41, 5.74) is 3.44. The number of rotatable bonds is 4. The van der Waals surface area contributed by atoms with Crippen molar-refractivity contribution < 1.29 is 0 Å². The molecule has 4 rings (SSSR count). The molecule has 1 saturated heterocycles. The second-order valence-corrected chi connectivity index (χ2v) is 6.67. The Morgan fingerprint density at radius 2 is 1.88 bits per heavy atom. The number of fused-ring (bicyclic) bond motifs is 1. The molecule has 0 bridgehead atoms. The SMILES string of the molecule is Cc1ccc2cc(CNC3CCN(c4ncccn4)CC3)ccc2n1. The third-order valence-corrected chi connectivity index (χ3v) is 4.82. The van der Waals surface area contributed by atoms with Crippen molar-refractivity contribution in [3.8, 4) is 0 Å². The molecule has 0 spiro atoms. The molecule has 2 aromatic heterocycles.